The van der Waals surface area contributed by atoms with Crippen LogP contribution in [0.4, 0.5) is 0 Å². The van der Waals surface area contributed by atoms with Crippen LogP contribution in [0, 0.1) is 5.92 Å². The van der Waals surface area contributed by atoms with Gasteiger partial charge in [-0.25, -0.2) is 0 Å². The molecular formula is C14H21BrN2OS. The molecule has 1 aromatic rings. The summed E-state index contributed by atoms with van der Waals surface area (Å²) in [5, 5.41) is 2.06. The number of amides is 1. The molecule has 0 saturated carbocycles. The fourth-order valence-electron chi connectivity index (χ4n) is 2.78. The fourth-order valence-corrected chi connectivity index (χ4v) is 4.23. The first-order valence-corrected chi connectivity index (χ1v) is 8.51. The molecule has 2 rings (SSSR count). The third kappa shape index (κ3) is 3.80. The molecule has 0 spiro atoms. The zero-order valence-electron chi connectivity index (χ0n) is 11.3. The third-order valence-corrected chi connectivity index (χ3v) is 5.64. The van der Waals surface area contributed by atoms with Crippen LogP contribution in [-0.4, -0.2) is 29.9 Å². The molecule has 1 amide bonds. The van der Waals surface area contributed by atoms with E-state index < -0.39 is 0 Å². The van der Waals surface area contributed by atoms with Gasteiger partial charge in [0, 0.05) is 40.3 Å². The first-order valence-electron chi connectivity index (χ1n) is 6.84. The summed E-state index contributed by atoms with van der Waals surface area (Å²) < 4.78 is 1.10. The van der Waals surface area contributed by atoms with E-state index in [0.717, 1.165) is 23.9 Å². The number of thiophene rings is 1. The van der Waals surface area contributed by atoms with Crippen molar-refractivity contribution in [3.63, 3.8) is 0 Å². The van der Waals surface area contributed by atoms with Crippen molar-refractivity contribution in [2.45, 2.75) is 38.6 Å². The Bertz CT molecular complexity index is 435. The molecule has 2 atom stereocenters. The van der Waals surface area contributed by atoms with Crippen LogP contribution in [0.3, 0.4) is 0 Å². The molecule has 0 aromatic carbocycles. The maximum atomic E-state index is 12.4. The molecule has 2 N–H and O–H groups in total. The van der Waals surface area contributed by atoms with Gasteiger partial charge in [-0.15, -0.1) is 11.3 Å². The second-order valence-corrected chi connectivity index (χ2v) is 7.15. The summed E-state index contributed by atoms with van der Waals surface area (Å²) in [5.74, 6) is 0.783. The molecule has 0 bridgehead atoms. The van der Waals surface area contributed by atoms with Crippen molar-refractivity contribution < 1.29 is 4.79 Å². The van der Waals surface area contributed by atoms with Gasteiger partial charge in [0.25, 0.3) is 0 Å². The normalized spacial score (nSPS) is 23.6. The summed E-state index contributed by atoms with van der Waals surface area (Å²) in [6.45, 7) is 3.66. The number of nitrogens with zero attached hydrogens (tertiary/aromatic N) is 1. The van der Waals surface area contributed by atoms with E-state index in [1.54, 1.807) is 11.3 Å². The SMILES string of the molecule is C[C@H]1CCCN(C(=O)CCc2cc(Br)cs2)[C@H]1CN. The van der Waals surface area contributed by atoms with E-state index in [9.17, 15) is 4.79 Å². The smallest absolute Gasteiger partial charge is 0.223 e. The molecule has 2 heterocycles. The maximum absolute atomic E-state index is 12.4. The first kappa shape index (κ1) is 15.0. The molecular weight excluding hydrogens is 324 g/mol. The molecule has 0 aliphatic carbocycles. The highest BCUT2D eigenvalue weighted by Crippen LogP contribution is 2.25. The summed E-state index contributed by atoms with van der Waals surface area (Å²) in [6.07, 6.45) is 3.71. The van der Waals surface area contributed by atoms with Crippen molar-refractivity contribution in [1.29, 1.82) is 0 Å². The Kier molecular flexibility index (Phi) is 5.42. The number of carbonyl (C=O) groups excluding carboxylic acids is 1. The van der Waals surface area contributed by atoms with Crippen LogP contribution < -0.4 is 5.73 Å². The van der Waals surface area contributed by atoms with Gasteiger partial charge < -0.3 is 10.6 Å². The van der Waals surface area contributed by atoms with Gasteiger partial charge in [-0.05, 0) is 47.2 Å². The Balaban J connectivity index is 1.91. The topological polar surface area (TPSA) is 46.3 Å². The first-order chi connectivity index (χ1) is 9.11. The van der Waals surface area contributed by atoms with E-state index in [4.69, 9.17) is 5.73 Å². The minimum absolute atomic E-state index is 0.233. The van der Waals surface area contributed by atoms with Crippen LogP contribution in [0.1, 0.15) is 31.1 Å². The van der Waals surface area contributed by atoms with Gasteiger partial charge in [0.1, 0.15) is 0 Å². The Labute approximate surface area is 127 Å². The van der Waals surface area contributed by atoms with Gasteiger partial charge in [-0.2, -0.15) is 0 Å². The lowest BCUT2D eigenvalue weighted by Gasteiger charge is -2.39. The summed E-state index contributed by atoms with van der Waals surface area (Å²) in [6, 6.07) is 2.33. The molecule has 1 saturated heterocycles. The van der Waals surface area contributed by atoms with Gasteiger partial charge in [0.2, 0.25) is 5.91 Å². The number of carbonyl (C=O) groups is 1. The van der Waals surface area contributed by atoms with E-state index in [1.165, 1.54) is 11.3 Å². The Morgan fingerprint density at radius 3 is 3.05 bits per heavy atom. The molecule has 19 heavy (non-hydrogen) atoms. The number of halogens is 1. The van der Waals surface area contributed by atoms with Crippen molar-refractivity contribution in [1.82, 2.24) is 4.90 Å². The zero-order chi connectivity index (χ0) is 13.8. The van der Waals surface area contributed by atoms with E-state index in [1.807, 2.05) is 4.90 Å². The molecule has 1 aliphatic rings. The minimum atomic E-state index is 0.233. The van der Waals surface area contributed by atoms with Crippen molar-refractivity contribution in [2.24, 2.45) is 11.7 Å². The van der Waals surface area contributed by atoms with Crippen molar-refractivity contribution in [2.75, 3.05) is 13.1 Å². The Morgan fingerprint density at radius 2 is 2.42 bits per heavy atom. The molecule has 0 unspecified atom stereocenters. The number of hydrogen-bond acceptors (Lipinski definition) is 3. The summed E-state index contributed by atoms with van der Waals surface area (Å²) >= 11 is 5.15. The van der Waals surface area contributed by atoms with Gasteiger partial charge in [-0.1, -0.05) is 6.92 Å². The molecule has 0 radical (unpaired) electrons. The summed E-state index contributed by atoms with van der Waals surface area (Å²) in [7, 11) is 0. The number of rotatable bonds is 4. The minimum Gasteiger partial charge on any atom is -0.338 e. The monoisotopic (exact) mass is 344 g/mol. The van der Waals surface area contributed by atoms with Crippen LogP contribution in [0.15, 0.2) is 15.9 Å². The average molecular weight is 345 g/mol. The van der Waals surface area contributed by atoms with Gasteiger partial charge in [0.05, 0.1) is 0 Å². The van der Waals surface area contributed by atoms with Gasteiger partial charge in [-0.3, -0.25) is 4.79 Å². The number of hydrogen-bond donors (Lipinski definition) is 1. The number of aryl methyl sites for hydroxylation is 1. The van der Waals surface area contributed by atoms with Crippen molar-refractivity contribution in [3.05, 3.63) is 20.8 Å². The van der Waals surface area contributed by atoms with Gasteiger partial charge in [0.15, 0.2) is 0 Å². The summed E-state index contributed by atoms with van der Waals surface area (Å²) in [5.41, 5.74) is 5.83. The molecule has 106 valence electrons. The zero-order valence-corrected chi connectivity index (χ0v) is 13.7. The lowest BCUT2D eigenvalue weighted by molar-refractivity contribution is -0.136. The Morgan fingerprint density at radius 1 is 1.63 bits per heavy atom. The Hall–Kier alpha value is -0.390. The van der Waals surface area contributed by atoms with Gasteiger partial charge >= 0.3 is 0 Å². The highest BCUT2D eigenvalue weighted by Gasteiger charge is 2.30. The van der Waals surface area contributed by atoms with Crippen LogP contribution in [-0.2, 0) is 11.2 Å². The second kappa shape index (κ2) is 6.86. The molecule has 5 heteroatoms. The van der Waals surface area contributed by atoms with Crippen LogP contribution in [0.2, 0.25) is 0 Å². The quantitative estimate of drug-likeness (QED) is 0.912. The highest BCUT2D eigenvalue weighted by molar-refractivity contribution is 9.10. The third-order valence-electron chi connectivity index (χ3n) is 3.88. The van der Waals surface area contributed by atoms with Crippen LogP contribution in [0.5, 0.6) is 0 Å². The molecule has 1 aromatic heterocycles. The molecule has 3 nitrogen and oxygen atoms in total. The predicted molar refractivity (Wildman–Crippen MR) is 83.3 cm³/mol. The van der Waals surface area contributed by atoms with Crippen LogP contribution in [0.25, 0.3) is 0 Å². The lowest BCUT2D eigenvalue weighted by Crippen LogP contribution is -2.51. The van der Waals surface area contributed by atoms with E-state index >= 15 is 0 Å². The standard InChI is InChI=1S/C14H21BrN2OS/c1-10-3-2-6-17(13(10)8-16)14(18)5-4-12-7-11(15)9-19-12/h7,9-10,13H,2-6,8,16H2,1H3/t10-,13-/m0/s1. The average Bonchev–Trinajstić information content (AvgIpc) is 2.81. The van der Waals surface area contributed by atoms with Crippen molar-refractivity contribution >= 4 is 33.2 Å². The van der Waals surface area contributed by atoms with Crippen molar-refractivity contribution in [3.8, 4) is 0 Å². The van der Waals surface area contributed by atoms with E-state index in [0.29, 0.717) is 18.9 Å². The maximum Gasteiger partial charge on any atom is 0.223 e. The molecule has 1 aliphatic heterocycles. The lowest BCUT2D eigenvalue weighted by atomic mass is 9.90. The second-order valence-electron chi connectivity index (χ2n) is 5.24. The number of nitrogens with two attached hydrogens (primary N) is 1. The van der Waals surface area contributed by atoms with E-state index in [-0.39, 0.29) is 11.9 Å². The molecule has 1 fully saturated rings. The predicted octanol–water partition coefficient (Wildman–Crippen LogP) is 3.03. The summed E-state index contributed by atoms with van der Waals surface area (Å²) in [4.78, 5) is 15.6. The highest BCUT2D eigenvalue weighted by atomic mass is 79.9. The fraction of sp³-hybridized carbons (Fsp3) is 0.643. The number of piperidine rings is 1. The van der Waals surface area contributed by atoms with Crippen LogP contribution >= 0.6 is 27.3 Å². The van der Waals surface area contributed by atoms with E-state index in [2.05, 4.69) is 34.3 Å². The number of likely N-dealkylation sites (tertiary alicyclic amines) is 1. The largest absolute Gasteiger partial charge is 0.338 e.